The van der Waals surface area contributed by atoms with Crippen molar-refractivity contribution in [3.63, 3.8) is 0 Å². The molecule has 3 atom stereocenters. The second kappa shape index (κ2) is 6.89. The maximum Gasteiger partial charge on any atom is 0.273 e. The number of hydrogen-bond donors (Lipinski definition) is 1. The lowest BCUT2D eigenvalue weighted by molar-refractivity contribution is -0.385. The third kappa shape index (κ3) is 3.94. The lowest BCUT2D eigenvalue weighted by atomic mass is 9.76. The Labute approximate surface area is 125 Å². The van der Waals surface area contributed by atoms with E-state index in [9.17, 15) is 10.1 Å². The van der Waals surface area contributed by atoms with Gasteiger partial charge in [-0.25, -0.2) is 0 Å². The molecular weight excluding hydrogens is 268 g/mol. The number of benzene rings is 1. The highest BCUT2D eigenvalue weighted by atomic mass is 16.6. The maximum atomic E-state index is 11.0. The number of nitro groups is 1. The lowest BCUT2D eigenvalue weighted by Gasteiger charge is -2.35. The van der Waals surface area contributed by atoms with Crippen LogP contribution in [-0.2, 0) is 6.42 Å². The Hall–Kier alpha value is -1.62. The molecule has 1 aliphatic carbocycles. The van der Waals surface area contributed by atoms with Gasteiger partial charge in [0.05, 0.1) is 18.1 Å². The van der Waals surface area contributed by atoms with E-state index < -0.39 is 0 Å². The van der Waals surface area contributed by atoms with Gasteiger partial charge in [-0.05, 0) is 56.2 Å². The molecule has 0 aromatic heterocycles. The summed E-state index contributed by atoms with van der Waals surface area (Å²) in [5.74, 6) is 1.80. The Balaban J connectivity index is 2.20. The highest BCUT2D eigenvalue weighted by molar-refractivity contribution is 5.43. The molecule has 2 rings (SSSR count). The first-order chi connectivity index (χ1) is 10.0. The Kier molecular flexibility index (Phi) is 5.17. The minimum Gasteiger partial charge on any atom is -0.496 e. The van der Waals surface area contributed by atoms with Crippen LogP contribution in [0.2, 0.25) is 0 Å². The van der Waals surface area contributed by atoms with Crippen LogP contribution >= 0.6 is 0 Å². The largest absolute Gasteiger partial charge is 0.496 e. The van der Waals surface area contributed by atoms with Crippen molar-refractivity contribution in [2.45, 2.75) is 38.6 Å². The molecule has 1 aliphatic rings. The molecule has 0 aliphatic heterocycles. The van der Waals surface area contributed by atoms with Gasteiger partial charge in [0.1, 0.15) is 5.75 Å². The third-order valence-electron chi connectivity index (χ3n) is 4.51. The molecule has 0 amide bonds. The quantitative estimate of drug-likeness (QED) is 0.668. The molecule has 1 saturated carbocycles. The van der Waals surface area contributed by atoms with Gasteiger partial charge in [-0.2, -0.15) is 0 Å². The van der Waals surface area contributed by atoms with E-state index in [-0.39, 0.29) is 10.6 Å². The number of nitro benzene ring substituents is 1. The molecule has 1 aromatic rings. The Morgan fingerprint density at radius 1 is 1.38 bits per heavy atom. The zero-order valence-electron chi connectivity index (χ0n) is 13.0. The number of hydrogen-bond acceptors (Lipinski definition) is 4. The molecule has 116 valence electrons. The van der Waals surface area contributed by atoms with Crippen molar-refractivity contribution in [1.82, 2.24) is 5.32 Å². The third-order valence-corrected chi connectivity index (χ3v) is 4.51. The van der Waals surface area contributed by atoms with Gasteiger partial charge in [-0.3, -0.25) is 10.1 Å². The van der Waals surface area contributed by atoms with Gasteiger partial charge in [0.25, 0.3) is 5.69 Å². The summed E-state index contributed by atoms with van der Waals surface area (Å²) in [6.07, 6.45) is 4.44. The summed E-state index contributed by atoms with van der Waals surface area (Å²) < 4.78 is 5.19. The number of nitrogens with zero attached hydrogens (tertiary/aromatic N) is 1. The first-order valence-corrected chi connectivity index (χ1v) is 7.53. The lowest BCUT2D eigenvalue weighted by Crippen LogP contribution is -2.39. The fourth-order valence-corrected chi connectivity index (χ4v) is 3.39. The summed E-state index contributed by atoms with van der Waals surface area (Å²) in [7, 11) is 3.55. The number of ether oxygens (including phenoxy) is 1. The first kappa shape index (κ1) is 15.8. The second-order valence-corrected chi connectivity index (χ2v) is 6.07. The molecule has 0 spiro atoms. The van der Waals surface area contributed by atoms with Gasteiger partial charge in [-0.1, -0.05) is 6.92 Å². The van der Waals surface area contributed by atoms with Crippen LogP contribution in [0.3, 0.4) is 0 Å². The van der Waals surface area contributed by atoms with Crippen LogP contribution in [0.5, 0.6) is 5.75 Å². The first-order valence-electron chi connectivity index (χ1n) is 7.53. The zero-order valence-corrected chi connectivity index (χ0v) is 13.0. The summed E-state index contributed by atoms with van der Waals surface area (Å²) in [6.45, 7) is 2.28. The highest BCUT2D eigenvalue weighted by Crippen LogP contribution is 2.33. The standard InChI is InChI=1S/C16H24N2O3/c1-11-4-5-16(17-2)13(6-11)7-12-8-14(18(19)20)10-15(9-12)21-3/h8-11,13,16-17H,4-7H2,1-3H3. The van der Waals surface area contributed by atoms with Gasteiger partial charge in [0.15, 0.2) is 0 Å². The van der Waals surface area contributed by atoms with Crippen molar-refractivity contribution in [1.29, 1.82) is 0 Å². The van der Waals surface area contributed by atoms with E-state index in [0.717, 1.165) is 24.3 Å². The summed E-state index contributed by atoms with van der Waals surface area (Å²) in [5.41, 5.74) is 1.09. The van der Waals surface area contributed by atoms with E-state index in [0.29, 0.717) is 17.7 Å². The van der Waals surface area contributed by atoms with E-state index in [1.807, 2.05) is 13.1 Å². The molecule has 1 N–H and O–H groups in total. The topological polar surface area (TPSA) is 64.4 Å². The van der Waals surface area contributed by atoms with Gasteiger partial charge in [-0.15, -0.1) is 0 Å². The average Bonchev–Trinajstić information content (AvgIpc) is 2.47. The molecule has 1 fully saturated rings. The SMILES string of the molecule is CNC1CCC(C)CC1Cc1cc(OC)cc([N+](=O)[O-])c1. The monoisotopic (exact) mass is 292 g/mol. The van der Waals surface area contributed by atoms with E-state index in [1.165, 1.54) is 18.9 Å². The Bertz CT molecular complexity index is 504. The molecule has 0 saturated heterocycles. The summed E-state index contributed by atoms with van der Waals surface area (Å²) in [6, 6.07) is 5.56. The zero-order chi connectivity index (χ0) is 15.4. The fourth-order valence-electron chi connectivity index (χ4n) is 3.39. The molecular formula is C16H24N2O3. The van der Waals surface area contributed by atoms with Gasteiger partial charge in [0, 0.05) is 12.1 Å². The Morgan fingerprint density at radius 3 is 2.76 bits per heavy atom. The number of nitrogens with one attached hydrogen (secondary N) is 1. The van der Waals surface area contributed by atoms with Crippen molar-refractivity contribution in [2.75, 3.05) is 14.2 Å². The highest BCUT2D eigenvalue weighted by Gasteiger charge is 2.28. The molecule has 0 bridgehead atoms. The molecule has 1 aromatic carbocycles. The van der Waals surface area contributed by atoms with Gasteiger partial charge >= 0.3 is 0 Å². The molecule has 21 heavy (non-hydrogen) atoms. The Morgan fingerprint density at radius 2 is 2.14 bits per heavy atom. The van der Waals surface area contributed by atoms with E-state index >= 15 is 0 Å². The van der Waals surface area contributed by atoms with Crippen LogP contribution in [0.25, 0.3) is 0 Å². The fraction of sp³-hybridized carbons (Fsp3) is 0.625. The van der Waals surface area contributed by atoms with Crippen molar-refractivity contribution < 1.29 is 9.66 Å². The van der Waals surface area contributed by atoms with Crippen LogP contribution in [0.15, 0.2) is 18.2 Å². The molecule has 0 radical (unpaired) electrons. The smallest absolute Gasteiger partial charge is 0.273 e. The van der Waals surface area contributed by atoms with Gasteiger partial charge < -0.3 is 10.1 Å². The van der Waals surface area contributed by atoms with Crippen molar-refractivity contribution >= 4 is 5.69 Å². The summed E-state index contributed by atoms with van der Waals surface area (Å²) >= 11 is 0. The minimum absolute atomic E-state index is 0.106. The minimum atomic E-state index is -0.356. The van der Waals surface area contributed by atoms with Gasteiger partial charge in [0.2, 0.25) is 0 Å². The van der Waals surface area contributed by atoms with E-state index in [2.05, 4.69) is 12.2 Å². The average molecular weight is 292 g/mol. The van der Waals surface area contributed by atoms with Crippen LogP contribution in [0, 0.1) is 22.0 Å². The number of non-ortho nitro benzene ring substituents is 1. The van der Waals surface area contributed by atoms with E-state index in [1.54, 1.807) is 13.2 Å². The van der Waals surface area contributed by atoms with Crippen LogP contribution in [0.1, 0.15) is 31.7 Å². The van der Waals surface area contributed by atoms with Crippen molar-refractivity contribution in [3.05, 3.63) is 33.9 Å². The van der Waals surface area contributed by atoms with Crippen LogP contribution in [0.4, 0.5) is 5.69 Å². The molecule has 3 unspecified atom stereocenters. The maximum absolute atomic E-state index is 11.0. The van der Waals surface area contributed by atoms with E-state index in [4.69, 9.17) is 4.74 Å². The number of methoxy groups -OCH3 is 1. The predicted molar refractivity (Wildman–Crippen MR) is 82.7 cm³/mol. The normalized spacial score (nSPS) is 25.6. The molecule has 5 nitrogen and oxygen atoms in total. The van der Waals surface area contributed by atoms with Crippen molar-refractivity contribution in [3.8, 4) is 5.75 Å². The molecule has 0 heterocycles. The summed E-state index contributed by atoms with van der Waals surface area (Å²) in [4.78, 5) is 10.7. The van der Waals surface area contributed by atoms with Crippen LogP contribution in [-0.4, -0.2) is 25.1 Å². The van der Waals surface area contributed by atoms with Crippen molar-refractivity contribution in [2.24, 2.45) is 11.8 Å². The second-order valence-electron chi connectivity index (χ2n) is 6.07. The molecule has 5 heteroatoms. The van der Waals surface area contributed by atoms with Crippen LogP contribution < -0.4 is 10.1 Å². The summed E-state index contributed by atoms with van der Waals surface area (Å²) in [5, 5.41) is 14.4. The number of rotatable bonds is 5. The predicted octanol–water partition coefficient (Wildman–Crippen LogP) is 3.17.